The molecule has 1 amide bonds. The fourth-order valence-electron chi connectivity index (χ4n) is 2.41. The minimum Gasteiger partial charge on any atom is -0.478 e. The summed E-state index contributed by atoms with van der Waals surface area (Å²) in [6.45, 7) is 0.158. The van der Waals surface area contributed by atoms with Crippen molar-refractivity contribution in [2.24, 2.45) is 0 Å². The van der Waals surface area contributed by atoms with Crippen molar-refractivity contribution >= 4 is 22.6 Å². The Morgan fingerprint density at radius 3 is 2.75 bits per heavy atom. The Morgan fingerprint density at radius 2 is 1.96 bits per heavy atom. The van der Waals surface area contributed by atoms with Gasteiger partial charge in [0.05, 0.1) is 11.1 Å². The van der Waals surface area contributed by atoms with Crippen LogP contribution in [0, 0.1) is 5.82 Å². The van der Waals surface area contributed by atoms with E-state index < -0.39 is 17.7 Å². The van der Waals surface area contributed by atoms with Crippen LogP contribution in [0.1, 0.15) is 26.3 Å². The second kappa shape index (κ2) is 6.45. The lowest BCUT2D eigenvalue weighted by molar-refractivity contribution is 0.0696. The van der Waals surface area contributed by atoms with Crippen molar-refractivity contribution in [1.29, 1.82) is 0 Å². The zero-order chi connectivity index (χ0) is 17.1. The van der Waals surface area contributed by atoms with Crippen LogP contribution in [0.2, 0.25) is 0 Å². The zero-order valence-electron chi connectivity index (χ0n) is 12.5. The number of benzene rings is 2. The monoisotopic (exact) mass is 324 g/mol. The normalized spacial score (nSPS) is 10.5. The fraction of sp³-hybridized carbons (Fsp3) is 0.0556. The minimum absolute atomic E-state index is 0.149. The highest BCUT2D eigenvalue weighted by Crippen LogP contribution is 2.19. The molecule has 3 aromatic rings. The Balaban J connectivity index is 1.82. The molecule has 24 heavy (non-hydrogen) atoms. The SMILES string of the molecule is O=C(O)c1cccc(CNC(=O)c2cncc3ccc(F)cc23)c1. The third-order valence-electron chi connectivity index (χ3n) is 3.59. The first-order chi connectivity index (χ1) is 11.5. The number of aromatic carboxylic acids is 1. The summed E-state index contributed by atoms with van der Waals surface area (Å²) in [6, 6.07) is 10.5. The summed E-state index contributed by atoms with van der Waals surface area (Å²) in [4.78, 5) is 27.3. The molecule has 0 aliphatic heterocycles. The highest BCUT2D eigenvalue weighted by atomic mass is 19.1. The minimum atomic E-state index is -1.03. The Hall–Kier alpha value is -3.28. The summed E-state index contributed by atoms with van der Waals surface area (Å²) in [5.41, 5.74) is 1.07. The smallest absolute Gasteiger partial charge is 0.335 e. The second-order valence-electron chi connectivity index (χ2n) is 5.24. The van der Waals surface area contributed by atoms with E-state index in [0.717, 1.165) is 0 Å². The lowest BCUT2D eigenvalue weighted by atomic mass is 10.1. The lowest BCUT2D eigenvalue weighted by Gasteiger charge is -2.08. The molecule has 6 heteroatoms. The third kappa shape index (κ3) is 3.22. The number of halogens is 1. The number of amides is 1. The zero-order valence-corrected chi connectivity index (χ0v) is 12.5. The summed E-state index contributed by atoms with van der Waals surface area (Å²) in [5.74, 6) is -1.87. The average Bonchev–Trinajstić information content (AvgIpc) is 2.59. The molecule has 0 atom stereocenters. The maximum atomic E-state index is 13.4. The van der Waals surface area contributed by atoms with Crippen molar-refractivity contribution < 1.29 is 19.1 Å². The molecule has 2 aromatic carbocycles. The molecule has 0 fully saturated rings. The van der Waals surface area contributed by atoms with Gasteiger partial charge in [-0.15, -0.1) is 0 Å². The molecule has 0 saturated heterocycles. The van der Waals surface area contributed by atoms with Crippen LogP contribution in [0.15, 0.2) is 54.9 Å². The molecule has 0 unspecified atom stereocenters. The summed E-state index contributed by atoms with van der Waals surface area (Å²) >= 11 is 0. The number of hydrogen-bond donors (Lipinski definition) is 2. The molecule has 5 nitrogen and oxygen atoms in total. The van der Waals surface area contributed by atoms with Gasteiger partial charge in [0.15, 0.2) is 0 Å². The van der Waals surface area contributed by atoms with Crippen LogP contribution in [-0.4, -0.2) is 22.0 Å². The molecule has 2 N–H and O–H groups in total. The van der Waals surface area contributed by atoms with Crippen LogP contribution in [-0.2, 0) is 6.54 Å². The predicted molar refractivity (Wildman–Crippen MR) is 86.3 cm³/mol. The molecular weight excluding hydrogens is 311 g/mol. The van der Waals surface area contributed by atoms with Crippen molar-refractivity contribution in [1.82, 2.24) is 10.3 Å². The molecule has 1 heterocycles. The van der Waals surface area contributed by atoms with Gasteiger partial charge in [-0.2, -0.15) is 0 Å². The number of pyridine rings is 1. The van der Waals surface area contributed by atoms with Gasteiger partial charge in [-0.1, -0.05) is 12.1 Å². The van der Waals surface area contributed by atoms with E-state index in [2.05, 4.69) is 10.3 Å². The van der Waals surface area contributed by atoms with Crippen LogP contribution >= 0.6 is 0 Å². The Bertz CT molecular complexity index is 940. The molecule has 1 aromatic heterocycles. The Morgan fingerprint density at radius 1 is 1.12 bits per heavy atom. The molecule has 3 rings (SSSR count). The van der Waals surface area contributed by atoms with Crippen LogP contribution in [0.3, 0.4) is 0 Å². The number of carboxylic acids is 1. The van der Waals surface area contributed by atoms with Gasteiger partial charge in [0.25, 0.3) is 5.91 Å². The van der Waals surface area contributed by atoms with Crippen molar-refractivity contribution in [2.45, 2.75) is 6.54 Å². The van der Waals surface area contributed by atoms with Gasteiger partial charge in [-0.25, -0.2) is 9.18 Å². The third-order valence-corrected chi connectivity index (χ3v) is 3.59. The predicted octanol–water partition coefficient (Wildman–Crippen LogP) is 3.00. The number of carbonyl (C=O) groups is 2. The van der Waals surface area contributed by atoms with E-state index in [9.17, 15) is 14.0 Å². The number of carbonyl (C=O) groups excluding carboxylic acids is 1. The number of rotatable bonds is 4. The summed E-state index contributed by atoms with van der Waals surface area (Å²) in [6.07, 6.45) is 2.94. The van der Waals surface area contributed by atoms with Crippen LogP contribution < -0.4 is 5.32 Å². The second-order valence-corrected chi connectivity index (χ2v) is 5.24. The first-order valence-electron chi connectivity index (χ1n) is 7.18. The number of hydrogen-bond acceptors (Lipinski definition) is 3. The van der Waals surface area contributed by atoms with E-state index in [-0.39, 0.29) is 17.7 Å². The molecule has 0 saturated carbocycles. The maximum Gasteiger partial charge on any atom is 0.335 e. The largest absolute Gasteiger partial charge is 0.478 e. The molecular formula is C18H13FN2O3. The number of aromatic nitrogens is 1. The van der Waals surface area contributed by atoms with Crippen molar-refractivity contribution in [3.8, 4) is 0 Å². The van der Waals surface area contributed by atoms with Gasteiger partial charge in [0, 0.05) is 29.7 Å². The standard InChI is InChI=1S/C18H13FN2O3/c19-14-5-4-13-9-20-10-16(15(13)7-14)17(22)21-8-11-2-1-3-12(6-11)18(23)24/h1-7,9-10H,8H2,(H,21,22)(H,23,24). The number of fused-ring (bicyclic) bond motifs is 1. The van der Waals surface area contributed by atoms with E-state index in [1.807, 2.05) is 0 Å². The van der Waals surface area contributed by atoms with E-state index in [4.69, 9.17) is 5.11 Å². The quantitative estimate of drug-likeness (QED) is 0.773. The first kappa shape index (κ1) is 15.6. The fourth-order valence-corrected chi connectivity index (χ4v) is 2.41. The Labute approximate surface area is 136 Å². The van der Waals surface area contributed by atoms with E-state index in [1.54, 1.807) is 24.4 Å². The summed E-state index contributed by atoms with van der Waals surface area (Å²) < 4.78 is 13.4. The van der Waals surface area contributed by atoms with Gasteiger partial charge in [-0.05, 0) is 35.9 Å². The molecule has 120 valence electrons. The van der Waals surface area contributed by atoms with Crippen molar-refractivity contribution in [3.05, 3.63) is 77.4 Å². The highest BCUT2D eigenvalue weighted by Gasteiger charge is 2.11. The van der Waals surface area contributed by atoms with E-state index >= 15 is 0 Å². The van der Waals surface area contributed by atoms with E-state index in [1.165, 1.54) is 30.5 Å². The van der Waals surface area contributed by atoms with Gasteiger partial charge in [-0.3, -0.25) is 9.78 Å². The maximum absolute atomic E-state index is 13.4. The van der Waals surface area contributed by atoms with E-state index in [0.29, 0.717) is 16.3 Å². The summed E-state index contributed by atoms with van der Waals surface area (Å²) in [5, 5.41) is 12.8. The van der Waals surface area contributed by atoms with Crippen molar-refractivity contribution in [2.75, 3.05) is 0 Å². The molecule has 0 radical (unpaired) electrons. The number of nitrogens with one attached hydrogen (secondary N) is 1. The van der Waals surface area contributed by atoms with Crippen LogP contribution in [0.5, 0.6) is 0 Å². The van der Waals surface area contributed by atoms with Gasteiger partial charge >= 0.3 is 5.97 Å². The highest BCUT2D eigenvalue weighted by molar-refractivity contribution is 6.06. The topological polar surface area (TPSA) is 79.3 Å². The molecule has 0 bridgehead atoms. The van der Waals surface area contributed by atoms with Gasteiger partial charge < -0.3 is 10.4 Å². The first-order valence-corrected chi connectivity index (χ1v) is 7.18. The number of carboxylic acid groups (broad SMARTS) is 1. The lowest BCUT2D eigenvalue weighted by Crippen LogP contribution is -2.23. The molecule has 0 aliphatic rings. The average molecular weight is 324 g/mol. The van der Waals surface area contributed by atoms with Gasteiger partial charge in [0.1, 0.15) is 5.82 Å². The molecule has 0 aliphatic carbocycles. The number of nitrogens with zero attached hydrogens (tertiary/aromatic N) is 1. The summed E-state index contributed by atoms with van der Waals surface area (Å²) in [7, 11) is 0. The van der Waals surface area contributed by atoms with Crippen LogP contribution in [0.4, 0.5) is 4.39 Å². The Kier molecular flexibility index (Phi) is 4.20. The van der Waals surface area contributed by atoms with Gasteiger partial charge in [0.2, 0.25) is 0 Å². The van der Waals surface area contributed by atoms with Crippen LogP contribution in [0.25, 0.3) is 10.8 Å². The van der Waals surface area contributed by atoms with Crippen molar-refractivity contribution in [3.63, 3.8) is 0 Å². The molecule has 0 spiro atoms.